The van der Waals surface area contributed by atoms with E-state index in [4.69, 9.17) is 0 Å². The van der Waals surface area contributed by atoms with Gasteiger partial charge in [0.15, 0.2) is 0 Å². The zero-order valence-corrected chi connectivity index (χ0v) is 11.9. The molecule has 2 radical (unpaired) electrons. The first-order chi connectivity index (χ1) is 3.15. The van der Waals surface area contributed by atoms with E-state index in [1.165, 1.54) is 0 Å². The Morgan fingerprint density at radius 3 is 1.43 bits per heavy atom. The van der Waals surface area contributed by atoms with Gasteiger partial charge in [0.2, 0.25) is 0 Å². The summed E-state index contributed by atoms with van der Waals surface area (Å²) in [6, 6.07) is 0. The SMILES string of the molecule is CS(C)=O.[Br][Pb][Br]. The molecular weight excluding hydrogens is 439 g/mol. The Balaban J connectivity index is 0. The predicted molar refractivity (Wildman–Crippen MR) is 43.6 cm³/mol. The second-order valence-electron chi connectivity index (χ2n) is 0.813. The molecule has 0 aromatic heterocycles. The standard InChI is InChI=1S/C2H6OS.2BrH.Pb/c1-4(2)3;;;/h1-2H3;2*1H;/q;;;+2/p-2. The summed E-state index contributed by atoms with van der Waals surface area (Å²) in [5.74, 6) is 0. The molecule has 0 unspecified atom stereocenters. The van der Waals surface area contributed by atoms with E-state index < -0.39 is 10.8 Å². The van der Waals surface area contributed by atoms with Crippen molar-refractivity contribution in [1.29, 1.82) is 0 Å². The molecule has 0 aliphatic rings. The summed E-state index contributed by atoms with van der Waals surface area (Å²) in [5, 5.41) is 0. The topological polar surface area (TPSA) is 17.1 Å². The van der Waals surface area contributed by atoms with Gasteiger partial charge in [-0.05, 0) is 0 Å². The van der Waals surface area contributed by atoms with Gasteiger partial charge in [-0.3, -0.25) is 4.21 Å². The summed E-state index contributed by atoms with van der Waals surface area (Å²) in [5.41, 5.74) is 0. The number of hydrogen-bond acceptors (Lipinski definition) is 1. The van der Waals surface area contributed by atoms with Crippen LogP contribution in [0.4, 0.5) is 0 Å². The van der Waals surface area contributed by atoms with Crippen LogP contribution in [0, 0.1) is 0 Å². The quantitative estimate of drug-likeness (QED) is 0.515. The fraction of sp³-hybridized carbons (Fsp3) is 1.00. The van der Waals surface area contributed by atoms with E-state index in [2.05, 4.69) is 24.0 Å². The average molecular weight is 445 g/mol. The minimum absolute atomic E-state index is 0.292. The van der Waals surface area contributed by atoms with Crippen molar-refractivity contribution in [3.63, 3.8) is 0 Å². The average Bonchev–Trinajstić information content (AvgIpc) is 1.33. The molecule has 7 heavy (non-hydrogen) atoms. The summed E-state index contributed by atoms with van der Waals surface area (Å²) in [6.07, 6.45) is 3.28. The molecule has 5 heteroatoms. The molecule has 0 aliphatic carbocycles. The van der Waals surface area contributed by atoms with Crippen molar-refractivity contribution < 1.29 is 4.21 Å². The molecule has 0 bridgehead atoms. The van der Waals surface area contributed by atoms with E-state index in [0.717, 1.165) is 0 Å². The van der Waals surface area contributed by atoms with E-state index in [1.54, 1.807) is 12.5 Å². The third-order valence-electron chi connectivity index (χ3n) is 0. The Bertz CT molecular complexity index is 47.0. The third kappa shape index (κ3) is 70.8. The van der Waals surface area contributed by atoms with E-state index in [0.29, 0.717) is 0 Å². The van der Waals surface area contributed by atoms with Crippen molar-refractivity contribution >= 4 is 54.2 Å². The molecule has 0 aliphatic heterocycles. The first kappa shape index (κ1) is 11.8. The monoisotopic (exact) mass is 444 g/mol. The predicted octanol–water partition coefficient (Wildman–Crippen LogP) is 1.31. The maximum atomic E-state index is 9.56. The van der Waals surface area contributed by atoms with Crippen LogP contribution in [0.2, 0.25) is 0 Å². The molecule has 0 N–H and O–H groups in total. The van der Waals surface area contributed by atoms with Crippen molar-refractivity contribution in [1.82, 2.24) is 0 Å². The van der Waals surface area contributed by atoms with E-state index in [-0.39, 0.29) is 19.4 Å². The van der Waals surface area contributed by atoms with Gasteiger partial charge in [-0.25, -0.2) is 0 Å². The van der Waals surface area contributed by atoms with Gasteiger partial charge in [-0.15, -0.1) is 0 Å². The molecule has 0 aromatic carbocycles. The first-order valence-electron chi connectivity index (χ1n) is 1.36. The molecule has 0 rings (SSSR count). The Labute approximate surface area is 69.9 Å². The molecule has 0 amide bonds. The summed E-state index contributed by atoms with van der Waals surface area (Å²) in [6.45, 7) is 0. The molecule has 44 valence electrons. The van der Waals surface area contributed by atoms with Crippen molar-refractivity contribution in [2.45, 2.75) is 0 Å². The number of rotatable bonds is 0. The zero-order chi connectivity index (χ0) is 6.28. The van der Waals surface area contributed by atoms with Gasteiger partial charge in [0.25, 0.3) is 0 Å². The van der Waals surface area contributed by atoms with Crippen LogP contribution in [0.3, 0.4) is 0 Å². The normalized spacial score (nSPS) is 7.57. The van der Waals surface area contributed by atoms with Crippen molar-refractivity contribution in [3.8, 4) is 0 Å². The fourth-order valence-electron chi connectivity index (χ4n) is 0. The van der Waals surface area contributed by atoms with Gasteiger partial charge in [-0.1, -0.05) is 0 Å². The Morgan fingerprint density at radius 2 is 1.43 bits per heavy atom. The zero-order valence-electron chi connectivity index (χ0n) is 4.07. The van der Waals surface area contributed by atoms with Gasteiger partial charge >= 0.3 is 43.4 Å². The van der Waals surface area contributed by atoms with Gasteiger partial charge in [0, 0.05) is 23.3 Å². The second kappa shape index (κ2) is 10.9. The Hall–Kier alpha value is 2.03. The summed E-state index contributed by atoms with van der Waals surface area (Å²) >= 11 is 6.22. The van der Waals surface area contributed by atoms with Crippen LogP contribution in [0.25, 0.3) is 0 Å². The van der Waals surface area contributed by atoms with E-state index in [9.17, 15) is 4.21 Å². The first-order valence-corrected chi connectivity index (χ1v) is 20.2. The fourth-order valence-corrected chi connectivity index (χ4v) is 0. The maximum absolute atomic E-state index is 9.56. The van der Waals surface area contributed by atoms with Crippen LogP contribution in [0.1, 0.15) is 0 Å². The summed E-state index contributed by atoms with van der Waals surface area (Å²) in [4.78, 5) is 0. The van der Waals surface area contributed by atoms with Crippen molar-refractivity contribution in [3.05, 3.63) is 0 Å². The van der Waals surface area contributed by atoms with Crippen LogP contribution in [0.15, 0.2) is 0 Å². The molecule has 0 spiro atoms. The van der Waals surface area contributed by atoms with Gasteiger partial charge in [-0.2, -0.15) is 0 Å². The van der Waals surface area contributed by atoms with Crippen LogP contribution in [-0.2, 0) is 10.8 Å². The van der Waals surface area contributed by atoms with Gasteiger partial charge in [0.05, 0.1) is 0 Å². The Kier molecular flexibility index (Phi) is 18.4. The molecule has 0 heterocycles. The summed E-state index contributed by atoms with van der Waals surface area (Å²) in [7, 11) is -0.611. The molecular formula is C2H6Br2OPbS. The minimum atomic E-state index is -0.611. The second-order valence-corrected chi connectivity index (χ2v) is 19.1. The van der Waals surface area contributed by atoms with Crippen molar-refractivity contribution in [2.75, 3.05) is 12.5 Å². The number of hydrogen-bond donors (Lipinski definition) is 0. The van der Waals surface area contributed by atoms with Crippen LogP contribution >= 0.6 is 24.0 Å². The molecule has 0 atom stereocenters. The molecule has 0 fully saturated rings. The summed E-state index contributed by atoms with van der Waals surface area (Å²) < 4.78 is 9.56. The van der Waals surface area contributed by atoms with E-state index in [1.807, 2.05) is 0 Å². The van der Waals surface area contributed by atoms with Crippen LogP contribution < -0.4 is 0 Å². The van der Waals surface area contributed by atoms with Crippen LogP contribution in [-0.4, -0.2) is 36.1 Å². The number of halogens is 2. The van der Waals surface area contributed by atoms with Crippen molar-refractivity contribution in [2.24, 2.45) is 0 Å². The molecule has 0 saturated carbocycles. The molecule has 1 nitrogen and oxygen atoms in total. The third-order valence-corrected chi connectivity index (χ3v) is 0. The van der Waals surface area contributed by atoms with Crippen LogP contribution in [0.5, 0.6) is 0 Å². The van der Waals surface area contributed by atoms with Gasteiger partial charge < -0.3 is 0 Å². The van der Waals surface area contributed by atoms with E-state index >= 15 is 0 Å². The molecule has 0 saturated heterocycles. The molecule has 0 aromatic rings. The van der Waals surface area contributed by atoms with Gasteiger partial charge in [0.1, 0.15) is 0 Å². The Morgan fingerprint density at radius 1 is 1.43 bits per heavy atom.